The van der Waals surface area contributed by atoms with Gasteiger partial charge in [-0.3, -0.25) is 4.99 Å². The smallest absolute Gasteiger partial charge is 0.0502 e. The number of nitrogens with two attached hydrogens (primary N) is 2. The van der Waals surface area contributed by atoms with E-state index >= 15 is 0 Å². The molecule has 0 aromatic heterocycles. The lowest BCUT2D eigenvalue weighted by atomic mass is 9.93. The van der Waals surface area contributed by atoms with E-state index in [1.165, 1.54) is 19.3 Å². The van der Waals surface area contributed by atoms with E-state index in [0.717, 1.165) is 11.3 Å². The van der Waals surface area contributed by atoms with Crippen molar-refractivity contribution in [2.24, 2.45) is 16.5 Å². The molecule has 0 saturated heterocycles. The molecule has 1 aliphatic rings. The van der Waals surface area contributed by atoms with Crippen molar-refractivity contribution in [1.29, 1.82) is 0 Å². The molecule has 3 nitrogen and oxygen atoms in total. The highest BCUT2D eigenvalue weighted by atomic mass is 14.8. The zero-order valence-corrected chi connectivity index (χ0v) is 7.59. The normalized spacial score (nSPS) is 20.8. The summed E-state index contributed by atoms with van der Waals surface area (Å²) in [6, 6.07) is 0.534. The topological polar surface area (TPSA) is 64.4 Å². The summed E-state index contributed by atoms with van der Waals surface area (Å²) in [5, 5.41) is 0. The highest BCUT2D eigenvalue weighted by molar-refractivity contribution is 5.98. The van der Waals surface area contributed by atoms with Crippen LogP contribution in [0.1, 0.15) is 26.2 Å². The van der Waals surface area contributed by atoms with Crippen LogP contribution in [0.25, 0.3) is 0 Å². The van der Waals surface area contributed by atoms with Gasteiger partial charge >= 0.3 is 0 Å². The molecule has 0 bridgehead atoms. The molecule has 0 radical (unpaired) electrons. The first-order valence-corrected chi connectivity index (χ1v) is 4.43. The van der Waals surface area contributed by atoms with Crippen molar-refractivity contribution in [1.82, 2.24) is 0 Å². The molecule has 1 saturated carbocycles. The molecule has 0 atom stereocenters. The maximum absolute atomic E-state index is 5.49. The third-order valence-electron chi connectivity index (χ3n) is 2.34. The Bertz CT molecular complexity index is 202. The summed E-state index contributed by atoms with van der Waals surface area (Å²) in [5.74, 6) is 0. The van der Waals surface area contributed by atoms with Crippen molar-refractivity contribution in [2.75, 3.05) is 6.54 Å². The van der Waals surface area contributed by atoms with Crippen molar-refractivity contribution in [3.8, 4) is 0 Å². The molecule has 4 N–H and O–H groups in total. The Morgan fingerprint density at radius 2 is 2.25 bits per heavy atom. The fourth-order valence-corrected chi connectivity index (χ4v) is 1.21. The molecule has 0 aromatic rings. The Morgan fingerprint density at radius 1 is 1.58 bits per heavy atom. The predicted molar refractivity (Wildman–Crippen MR) is 52.1 cm³/mol. The Labute approximate surface area is 73.5 Å². The molecule has 1 fully saturated rings. The second kappa shape index (κ2) is 4.26. The van der Waals surface area contributed by atoms with E-state index in [1.54, 1.807) is 6.20 Å². The van der Waals surface area contributed by atoms with Crippen LogP contribution < -0.4 is 11.5 Å². The van der Waals surface area contributed by atoms with Crippen molar-refractivity contribution >= 4 is 5.71 Å². The third-order valence-corrected chi connectivity index (χ3v) is 2.34. The van der Waals surface area contributed by atoms with Crippen LogP contribution in [0.15, 0.2) is 16.8 Å². The van der Waals surface area contributed by atoms with Gasteiger partial charge in [0.2, 0.25) is 0 Å². The van der Waals surface area contributed by atoms with Gasteiger partial charge in [0.15, 0.2) is 0 Å². The zero-order chi connectivity index (χ0) is 8.97. The van der Waals surface area contributed by atoms with Gasteiger partial charge in [-0.15, -0.1) is 0 Å². The number of rotatable bonds is 3. The van der Waals surface area contributed by atoms with E-state index < -0.39 is 0 Å². The summed E-state index contributed by atoms with van der Waals surface area (Å²) in [7, 11) is 0. The monoisotopic (exact) mass is 167 g/mol. The fourth-order valence-electron chi connectivity index (χ4n) is 1.21. The lowest BCUT2D eigenvalue weighted by molar-refractivity contribution is 0.420. The molecule has 0 spiro atoms. The van der Waals surface area contributed by atoms with E-state index in [-0.39, 0.29) is 0 Å². The molecule has 0 unspecified atom stereocenters. The Morgan fingerprint density at radius 3 is 2.58 bits per heavy atom. The van der Waals surface area contributed by atoms with Crippen LogP contribution in [0.2, 0.25) is 0 Å². The van der Waals surface area contributed by atoms with Crippen LogP contribution in [0.3, 0.4) is 0 Å². The van der Waals surface area contributed by atoms with Crippen LogP contribution in [0, 0.1) is 0 Å². The molecule has 12 heavy (non-hydrogen) atoms. The van der Waals surface area contributed by atoms with Crippen molar-refractivity contribution in [3.05, 3.63) is 11.8 Å². The summed E-state index contributed by atoms with van der Waals surface area (Å²) >= 11 is 0. The minimum absolute atomic E-state index is 0.485. The Balaban J connectivity index is 2.54. The number of aliphatic imine (C=N–C) groups is 1. The molecule has 3 heteroatoms. The Kier molecular flexibility index (Phi) is 3.29. The minimum Gasteiger partial charge on any atom is -0.404 e. The average molecular weight is 167 g/mol. The molecule has 68 valence electrons. The number of hydrogen-bond acceptors (Lipinski definition) is 3. The summed E-state index contributed by atoms with van der Waals surface area (Å²) in [6.07, 6.45) is 5.31. The standard InChI is InChI=1S/C9H17N3/c1-7(8(5-10)6-11)12-9-3-2-4-9/h5,9H,2-4,6,10-11H2,1H3. The highest BCUT2D eigenvalue weighted by Crippen LogP contribution is 2.22. The van der Waals surface area contributed by atoms with Gasteiger partial charge in [-0.05, 0) is 26.2 Å². The lowest BCUT2D eigenvalue weighted by Crippen LogP contribution is -2.19. The number of hydrogen-bond donors (Lipinski definition) is 2. The van der Waals surface area contributed by atoms with Crippen molar-refractivity contribution in [3.63, 3.8) is 0 Å². The van der Waals surface area contributed by atoms with E-state index in [1.807, 2.05) is 6.92 Å². The first kappa shape index (κ1) is 9.26. The highest BCUT2D eigenvalue weighted by Gasteiger charge is 2.16. The van der Waals surface area contributed by atoms with Crippen molar-refractivity contribution < 1.29 is 0 Å². The SMILES string of the molecule is CC(=NC1CCC1)C(=CN)CN. The summed E-state index contributed by atoms with van der Waals surface area (Å²) < 4.78 is 0. The first-order valence-electron chi connectivity index (χ1n) is 4.43. The van der Waals surface area contributed by atoms with Crippen LogP contribution >= 0.6 is 0 Å². The van der Waals surface area contributed by atoms with Gasteiger partial charge in [0, 0.05) is 24.0 Å². The summed E-state index contributed by atoms with van der Waals surface area (Å²) in [5.41, 5.74) is 12.9. The maximum Gasteiger partial charge on any atom is 0.0502 e. The lowest BCUT2D eigenvalue weighted by Gasteiger charge is -2.22. The van der Waals surface area contributed by atoms with E-state index in [4.69, 9.17) is 11.5 Å². The van der Waals surface area contributed by atoms with Gasteiger partial charge in [0.05, 0.1) is 6.04 Å². The van der Waals surface area contributed by atoms with Gasteiger partial charge in [-0.25, -0.2) is 0 Å². The molecule has 1 rings (SSSR count). The maximum atomic E-state index is 5.49. The molecule has 0 amide bonds. The van der Waals surface area contributed by atoms with Crippen LogP contribution in [-0.4, -0.2) is 18.3 Å². The van der Waals surface area contributed by atoms with Crippen LogP contribution in [0.5, 0.6) is 0 Å². The average Bonchev–Trinajstić information content (AvgIpc) is 1.99. The summed E-state index contributed by atoms with van der Waals surface area (Å²) in [6.45, 7) is 2.46. The Hall–Kier alpha value is -0.830. The molecule has 0 heterocycles. The second-order valence-corrected chi connectivity index (χ2v) is 3.20. The van der Waals surface area contributed by atoms with E-state index in [9.17, 15) is 0 Å². The molecular weight excluding hydrogens is 150 g/mol. The summed E-state index contributed by atoms with van der Waals surface area (Å²) in [4.78, 5) is 4.51. The van der Waals surface area contributed by atoms with E-state index in [2.05, 4.69) is 4.99 Å². The van der Waals surface area contributed by atoms with Crippen LogP contribution in [-0.2, 0) is 0 Å². The fraction of sp³-hybridized carbons (Fsp3) is 0.667. The molecule has 1 aliphatic carbocycles. The second-order valence-electron chi connectivity index (χ2n) is 3.20. The van der Waals surface area contributed by atoms with Gasteiger partial charge in [-0.1, -0.05) is 0 Å². The minimum atomic E-state index is 0.485. The number of nitrogens with zero attached hydrogens (tertiary/aromatic N) is 1. The molecular formula is C9H17N3. The molecule has 0 aromatic carbocycles. The largest absolute Gasteiger partial charge is 0.404 e. The van der Waals surface area contributed by atoms with E-state index in [0.29, 0.717) is 12.6 Å². The van der Waals surface area contributed by atoms with Crippen molar-refractivity contribution in [2.45, 2.75) is 32.2 Å². The van der Waals surface area contributed by atoms with Crippen LogP contribution in [0.4, 0.5) is 0 Å². The van der Waals surface area contributed by atoms with Gasteiger partial charge < -0.3 is 11.5 Å². The van der Waals surface area contributed by atoms with Gasteiger partial charge in [0.1, 0.15) is 0 Å². The zero-order valence-electron chi connectivity index (χ0n) is 7.59. The third kappa shape index (κ3) is 2.08. The first-order chi connectivity index (χ1) is 5.77. The predicted octanol–water partition coefficient (Wildman–Crippen LogP) is 0.801. The van der Waals surface area contributed by atoms with Gasteiger partial charge in [0.25, 0.3) is 0 Å². The quantitative estimate of drug-likeness (QED) is 0.611. The van der Waals surface area contributed by atoms with Gasteiger partial charge in [-0.2, -0.15) is 0 Å². The molecule has 0 aliphatic heterocycles.